The summed E-state index contributed by atoms with van der Waals surface area (Å²) in [6, 6.07) is 13.7. The summed E-state index contributed by atoms with van der Waals surface area (Å²) in [5, 5.41) is 12.4. The van der Waals surface area contributed by atoms with E-state index < -0.39 is 5.91 Å². The Balaban J connectivity index is 2.23. The topological polar surface area (TPSA) is 71.3 Å². The van der Waals surface area contributed by atoms with Crippen molar-refractivity contribution in [2.75, 3.05) is 19.0 Å². The predicted octanol–water partition coefficient (Wildman–Crippen LogP) is 4.46. The average Bonchev–Trinajstić information content (AvgIpc) is 2.64. The van der Waals surface area contributed by atoms with Gasteiger partial charge < -0.3 is 14.8 Å². The number of rotatable bonds is 7. The average molecular weight is 369 g/mol. The van der Waals surface area contributed by atoms with E-state index in [0.29, 0.717) is 34.4 Å². The van der Waals surface area contributed by atoms with Crippen LogP contribution in [0.3, 0.4) is 0 Å². The Morgan fingerprint density at radius 2 is 2.12 bits per heavy atom. The summed E-state index contributed by atoms with van der Waals surface area (Å²) in [7, 11) is 1.51. The Morgan fingerprint density at radius 1 is 1.31 bits per heavy atom. The number of carbonyl (C=O) groups excluding carboxylic acids is 1. The predicted molar refractivity (Wildman–Crippen MR) is 102 cm³/mol. The van der Waals surface area contributed by atoms with Gasteiger partial charge in [-0.15, -0.1) is 0 Å². The van der Waals surface area contributed by atoms with E-state index in [1.54, 1.807) is 48.5 Å². The zero-order valence-electron chi connectivity index (χ0n) is 14.2. The molecule has 0 aliphatic heterocycles. The normalized spacial score (nSPS) is 10.6. The molecule has 0 spiro atoms. The Morgan fingerprint density at radius 3 is 2.77 bits per heavy atom. The van der Waals surface area contributed by atoms with E-state index >= 15 is 0 Å². The van der Waals surface area contributed by atoms with Crippen LogP contribution in [-0.4, -0.2) is 19.6 Å². The number of amides is 1. The Kier molecular flexibility index (Phi) is 6.84. The third-order valence-corrected chi connectivity index (χ3v) is 3.54. The van der Waals surface area contributed by atoms with E-state index in [1.807, 2.05) is 6.07 Å². The molecule has 0 saturated carbocycles. The maximum absolute atomic E-state index is 12.3. The summed E-state index contributed by atoms with van der Waals surface area (Å²) >= 11 is 5.89. The molecule has 0 bridgehead atoms. The third kappa shape index (κ3) is 5.13. The molecule has 26 heavy (non-hydrogen) atoms. The zero-order valence-corrected chi connectivity index (χ0v) is 14.9. The molecule has 0 aliphatic rings. The summed E-state index contributed by atoms with van der Waals surface area (Å²) in [4.78, 5) is 12.3. The fraction of sp³-hybridized carbons (Fsp3) is 0.100. The van der Waals surface area contributed by atoms with Gasteiger partial charge in [-0.3, -0.25) is 4.79 Å². The molecule has 0 saturated heterocycles. The molecule has 132 valence electrons. The van der Waals surface area contributed by atoms with E-state index in [2.05, 4.69) is 11.9 Å². The second-order valence-electron chi connectivity index (χ2n) is 5.14. The number of benzene rings is 2. The van der Waals surface area contributed by atoms with Crippen molar-refractivity contribution in [1.82, 2.24) is 0 Å². The SMILES string of the molecule is C=CCOc1ccc(/C=C(/C#N)C(=O)Nc2cccc(Cl)c2)cc1OC. The van der Waals surface area contributed by atoms with Crippen molar-refractivity contribution in [3.05, 3.63) is 71.3 Å². The minimum absolute atomic E-state index is 0.0493. The van der Waals surface area contributed by atoms with Crippen LogP contribution in [0.15, 0.2) is 60.7 Å². The van der Waals surface area contributed by atoms with Crippen molar-refractivity contribution in [2.24, 2.45) is 0 Å². The number of nitrogens with zero attached hydrogens (tertiary/aromatic N) is 1. The molecule has 1 N–H and O–H groups in total. The zero-order chi connectivity index (χ0) is 18.9. The second-order valence-corrected chi connectivity index (χ2v) is 5.58. The molecule has 1 amide bonds. The number of hydrogen-bond donors (Lipinski definition) is 1. The van der Waals surface area contributed by atoms with E-state index in [-0.39, 0.29) is 5.57 Å². The van der Waals surface area contributed by atoms with Crippen LogP contribution >= 0.6 is 11.6 Å². The molecule has 0 atom stereocenters. The third-order valence-electron chi connectivity index (χ3n) is 3.30. The summed E-state index contributed by atoms with van der Waals surface area (Å²) in [5.41, 5.74) is 1.09. The van der Waals surface area contributed by atoms with E-state index in [4.69, 9.17) is 21.1 Å². The molecule has 0 fully saturated rings. The van der Waals surface area contributed by atoms with Gasteiger partial charge in [0.05, 0.1) is 7.11 Å². The summed E-state index contributed by atoms with van der Waals surface area (Å²) < 4.78 is 10.8. The Hall–Kier alpha value is -3.23. The van der Waals surface area contributed by atoms with E-state index in [0.717, 1.165) is 0 Å². The molecule has 5 nitrogen and oxygen atoms in total. The first-order chi connectivity index (χ1) is 12.6. The molecule has 0 aliphatic carbocycles. The Labute approximate surface area is 157 Å². The smallest absolute Gasteiger partial charge is 0.266 e. The van der Waals surface area contributed by atoms with Crippen molar-refractivity contribution in [3.8, 4) is 17.6 Å². The minimum atomic E-state index is -0.527. The lowest BCUT2D eigenvalue weighted by Gasteiger charge is -2.10. The van der Waals surface area contributed by atoms with Gasteiger partial charge in [0, 0.05) is 10.7 Å². The van der Waals surface area contributed by atoms with E-state index in [1.165, 1.54) is 13.2 Å². The highest BCUT2D eigenvalue weighted by atomic mass is 35.5. The van der Waals surface area contributed by atoms with Crippen LogP contribution < -0.4 is 14.8 Å². The highest BCUT2D eigenvalue weighted by molar-refractivity contribution is 6.31. The maximum atomic E-state index is 12.3. The molecule has 0 heterocycles. The van der Waals surface area contributed by atoms with Crippen LogP contribution in [0.5, 0.6) is 11.5 Å². The Bertz CT molecular complexity index is 885. The van der Waals surface area contributed by atoms with Crippen molar-refractivity contribution in [2.45, 2.75) is 0 Å². The van der Waals surface area contributed by atoms with Gasteiger partial charge in [0.25, 0.3) is 5.91 Å². The number of carbonyl (C=O) groups is 1. The quantitative estimate of drug-likeness (QED) is 0.445. The van der Waals surface area contributed by atoms with Crippen LogP contribution in [0.1, 0.15) is 5.56 Å². The molecule has 2 aromatic carbocycles. The molecule has 0 aromatic heterocycles. The maximum Gasteiger partial charge on any atom is 0.266 e. The fourth-order valence-corrected chi connectivity index (χ4v) is 2.31. The van der Waals surface area contributed by atoms with Crippen molar-refractivity contribution >= 4 is 29.3 Å². The number of ether oxygens (including phenoxy) is 2. The first kappa shape index (κ1) is 19.1. The molecular formula is C20H17ClN2O3. The van der Waals surface area contributed by atoms with Gasteiger partial charge in [0.2, 0.25) is 0 Å². The van der Waals surface area contributed by atoms with Gasteiger partial charge in [-0.25, -0.2) is 0 Å². The first-order valence-electron chi connectivity index (χ1n) is 7.68. The van der Waals surface area contributed by atoms with Crippen molar-refractivity contribution in [3.63, 3.8) is 0 Å². The second kappa shape index (κ2) is 9.30. The van der Waals surface area contributed by atoms with Gasteiger partial charge >= 0.3 is 0 Å². The summed E-state index contributed by atoms with van der Waals surface area (Å²) in [5.74, 6) is 0.514. The number of nitriles is 1. The number of methoxy groups -OCH3 is 1. The minimum Gasteiger partial charge on any atom is -0.493 e. The molecule has 0 radical (unpaired) electrons. The number of nitrogens with one attached hydrogen (secondary N) is 1. The van der Waals surface area contributed by atoms with Crippen LogP contribution in [0.25, 0.3) is 6.08 Å². The van der Waals surface area contributed by atoms with E-state index in [9.17, 15) is 10.1 Å². The number of hydrogen-bond acceptors (Lipinski definition) is 4. The highest BCUT2D eigenvalue weighted by Gasteiger charge is 2.11. The lowest BCUT2D eigenvalue weighted by atomic mass is 10.1. The standard InChI is InChI=1S/C20H17ClN2O3/c1-3-9-26-18-8-7-14(11-19(18)25-2)10-15(13-22)20(24)23-17-6-4-5-16(21)12-17/h3-8,10-12H,1,9H2,2H3,(H,23,24)/b15-10-. The van der Waals surface area contributed by atoms with Gasteiger partial charge in [0.1, 0.15) is 18.2 Å². The van der Waals surface area contributed by atoms with Gasteiger partial charge in [-0.05, 0) is 42.0 Å². The van der Waals surface area contributed by atoms with Gasteiger partial charge in [0.15, 0.2) is 11.5 Å². The van der Waals surface area contributed by atoms with Crippen molar-refractivity contribution < 1.29 is 14.3 Å². The van der Waals surface area contributed by atoms with Gasteiger partial charge in [-0.2, -0.15) is 5.26 Å². The molecular weight excluding hydrogens is 352 g/mol. The largest absolute Gasteiger partial charge is 0.493 e. The molecule has 2 aromatic rings. The van der Waals surface area contributed by atoms with Crippen molar-refractivity contribution in [1.29, 1.82) is 5.26 Å². The summed E-state index contributed by atoms with van der Waals surface area (Å²) in [6.45, 7) is 3.94. The van der Waals surface area contributed by atoms with Crippen LogP contribution in [0.2, 0.25) is 5.02 Å². The van der Waals surface area contributed by atoms with Crippen LogP contribution in [-0.2, 0) is 4.79 Å². The van der Waals surface area contributed by atoms with Crippen LogP contribution in [0.4, 0.5) is 5.69 Å². The van der Waals surface area contributed by atoms with Crippen LogP contribution in [0, 0.1) is 11.3 Å². The first-order valence-corrected chi connectivity index (χ1v) is 8.05. The molecule has 2 rings (SSSR count). The molecule has 6 heteroatoms. The number of anilines is 1. The molecule has 0 unspecified atom stereocenters. The lowest BCUT2D eigenvalue weighted by molar-refractivity contribution is -0.112. The number of halogens is 1. The summed E-state index contributed by atoms with van der Waals surface area (Å²) in [6.07, 6.45) is 3.10. The monoisotopic (exact) mass is 368 g/mol. The fourth-order valence-electron chi connectivity index (χ4n) is 2.12. The van der Waals surface area contributed by atoms with Gasteiger partial charge in [-0.1, -0.05) is 36.4 Å². The highest BCUT2D eigenvalue weighted by Crippen LogP contribution is 2.29. The lowest BCUT2D eigenvalue weighted by Crippen LogP contribution is -2.13.